The minimum atomic E-state index is -0.438. The SMILES string of the molecule is CCNc1cc(CN2CCN(C)C(=O)C2=O)ccn1. The fraction of sp³-hybridized carbons (Fsp3) is 0.462. The van der Waals surface area contributed by atoms with Gasteiger partial charge in [0.2, 0.25) is 0 Å². The van der Waals surface area contributed by atoms with E-state index in [9.17, 15) is 9.59 Å². The van der Waals surface area contributed by atoms with Crippen molar-refractivity contribution >= 4 is 17.6 Å². The molecule has 2 rings (SSSR count). The Labute approximate surface area is 112 Å². The van der Waals surface area contributed by atoms with Crippen LogP contribution >= 0.6 is 0 Å². The molecule has 1 fully saturated rings. The van der Waals surface area contributed by atoms with Gasteiger partial charge in [0.1, 0.15) is 5.82 Å². The zero-order valence-corrected chi connectivity index (χ0v) is 11.2. The summed E-state index contributed by atoms with van der Waals surface area (Å²) in [6.45, 7) is 4.38. The average molecular weight is 262 g/mol. The van der Waals surface area contributed by atoms with Crippen LogP contribution in [0.5, 0.6) is 0 Å². The first kappa shape index (κ1) is 13.3. The summed E-state index contributed by atoms with van der Waals surface area (Å²) in [7, 11) is 1.65. The van der Waals surface area contributed by atoms with Crippen molar-refractivity contribution in [2.75, 3.05) is 32.0 Å². The van der Waals surface area contributed by atoms with Gasteiger partial charge in [0.15, 0.2) is 0 Å². The summed E-state index contributed by atoms with van der Waals surface area (Å²) in [6, 6.07) is 3.76. The fourth-order valence-electron chi connectivity index (χ4n) is 1.99. The van der Waals surface area contributed by atoms with Crippen LogP contribution in [0.3, 0.4) is 0 Å². The molecule has 0 aromatic carbocycles. The molecule has 0 radical (unpaired) electrons. The number of nitrogens with zero attached hydrogens (tertiary/aromatic N) is 3. The van der Waals surface area contributed by atoms with Gasteiger partial charge in [0, 0.05) is 39.4 Å². The van der Waals surface area contributed by atoms with Crippen LogP contribution < -0.4 is 5.32 Å². The molecule has 1 aliphatic heterocycles. The van der Waals surface area contributed by atoms with Crippen molar-refractivity contribution in [1.82, 2.24) is 14.8 Å². The van der Waals surface area contributed by atoms with Gasteiger partial charge in [-0.2, -0.15) is 0 Å². The molecule has 2 heterocycles. The summed E-state index contributed by atoms with van der Waals surface area (Å²) in [5, 5.41) is 3.12. The molecule has 0 atom stereocenters. The lowest BCUT2D eigenvalue weighted by Crippen LogP contribution is -2.52. The molecule has 0 saturated carbocycles. The number of nitrogens with one attached hydrogen (secondary N) is 1. The number of hydrogen-bond donors (Lipinski definition) is 1. The van der Waals surface area contributed by atoms with E-state index in [-0.39, 0.29) is 0 Å². The van der Waals surface area contributed by atoms with E-state index in [4.69, 9.17) is 0 Å². The Balaban J connectivity index is 2.06. The zero-order chi connectivity index (χ0) is 13.8. The second-order valence-corrected chi connectivity index (χ2v) is 4.53. The number of piperazine rings is 1. The van der Waals surface area contributed by atoms with Gasteiger partial charge in [-0.05, 0) is 24.6 Å². The van der Waals surface area contributed by atoms with Gasteiger partial charge in [-0.25, -0.2) is 4.98 Å². The quantitative estimate of drug-likeness (QED) is 0.793. The Morgan fingerprint density at radius 1 is 1.32 bits per heavy atom. The van der Waals surface area contributed by atoms with Crippen LogP contribution in [0.25, 0.3) is 0 Å². The van der Waals surface area contributed by atoms with Crippen molar-refractivity contribution in [1.29, 1.82) is 0 Å². The van der Waals surface area contributed by atoms with Gasteiger partial charge < -0.3 is 15.1 Å². The summed E-state index contributed by atoms with van der Waals surface area (Å²) >= 11 is 0. The van der Waals surface area contributed by atoms with E-state index in [1.54, 1.807) is 18.1 Å². The molecule has 1 saturated heterocycles. The Kier molecular flexibility index (Phi) is 3.99. The lowest BCUT2D eigenvalue weighted by atomic mass is 10.2. The third-order valence-corrected chi connectivity index (χ3v) is 3.08. The van der Waals surface area contributed by atoms with Crippen molar-refractivity contribution in [3.8, 4) is 0 Å². The number of rotatable bonds is 4. The van der Waals surface area contributed by atoms with Gasteiger partial charge in [-0.1, -0.05) is 0 Å². The molecule has 1 N–H and O–H groups in total. The van der Waals surface area contributed by atoms with Gasteiger partial charge in [0.25, 0.3) is 0 Å². The van der Waals surface area contributed by atoms with E-state index in [2.05, 4.69) is 10.3 Å². The summed E-state index contributed by atoms with van der Waals surface area (Å²) in [5.41, 5.74) is 0.969. The smallest absolute Gasteiger partial charge is 0.312 e. The molecule has 6 nitrogen and oxygen atoms in total. The first-order valence-corrected chi connectivity index (χ1v) is 6.35. The van der Waals surface area contributed by atoms with Gasteiger partial charge in [-0.3, -0.25) is 9.59 Å². The number of aromatic nitrogens is 1. The van der Waals surface area contributed by atoms with Gasteiger partial charge >= 0.3 is 11.8 Å². The molecule has 102 valence electrons. The third-order valence-electron chi connectivity index (χ3n) is 3.08. The summed E-state index contributed by atoms with van der Waals surface area (Å²) in [4.78, 5) is 30.7. The minimum absolute atomic E-state index is 0.435. The fourth-order valence-corrected chi connectivity index (χ4v) is 1.99. The molecule has 1 aliphatic rings. The predicted octanol–water partition coefficient (Wildman–Crippen LogP) is 0.314. The van der Waals surface area contributed by atoms with Gasteiger partial charge in [-0.15, -0.1) is 0 Å². The van der Waals surface area contributed by atoms with Crippen molar-refractivity contribution in [3.63, 3.8) is 0 Å². The Morgan fingerprint density at radius 2 is 2.11 bits per heavy atom. The van der Waals surface area contributed by atoms with E-state index >= 15 is 0 Å². The van der Waals surface area contributed by atoms with E-state index in [0.29, 0.717) is 19.6 Å². The van der Waals surface area contributed by atoms with Crippen molar-refractivity contribution in [3.05, 3.63) is 23.9 Å². The maximum absolute atomic E-state index is 11.9. The van der Waals surface area contributed by atoms with E-state index in [1.807, 2.05) is 19.1 Å². The molecule has 1 aromatic heterocycles. The van der Waals surface area contributed by atoms with Gasteiger partial charge in [0.05, 0.1) is 0 Å². The second-order valence-electron chi connectivity index (χ2n) is 4.53. The molecule has 0 bridgehead atoms. The standard InChI is InChI=1S/C13H18N4O2/c1-3-14-11-8-10(4-5-15-11)9-17-7-6-16(2)12(18)13(17)19/h4-5,8H,3,6-7,9H2,1-2H3,(H,14,15). The van der Waals surface area contributed by atoms with Crippen molar-refractivity contribution < 1.29 is 9.59 Å². The third kappa shape index (κ3) is 3.01. The summed E-state index contributed by atoms with van der Waals surface area (Å²) in [6.07, 6.45) is 1.70. The van der Waals surface area contributed by atoms with Crippen molar-refractivity contribution in [2.24, 2.45) is 0 Å². The number of anilines is 1. The Bertz CT molecular complexity index is 489. The molecule has 6 heteroatoms. The molecular formula is C13H18N4O2. The maximum atomic E-state index is 11.9. The highest BCUT2D eigenvalue weighted by Crippen LogP contribution is 2.12. The molecule has 0 aliphatic carbocycles. The monoisotopic (exact) mass is 262 g/mol. The van der Waals surface area contributed by atoms with E-state index < -0.39 is 11.8 Å². The number of pyridine rings is 1. The maximum Gasteiger partial charge on any atom is 0.312 e. The van der Waals surface area contributed by atoms with Crippen LogP contribution in [0.2, 0.25) is 0 Å². The Morgan fingerprint density at radius 3 is 2.84 bits per heavy atom. The minimum Gasteiger partial charge on any atom is -0.370 e. The van der Waals surface area contributed by atoms with E-state index in [0.717, 1.165) is 17.9 Å². The van der Waals surface area contributed by atoms with Crippen LogP contribution in [-0.4, -0.2) is 53.3 Å². The molecule has 19 heavy (non-hydrogen) atoms. The van der Waals surface area contributed by atoms with E-state index in [1.165, 1.54) is 4.90 Å². The van der Waals surface area contributed by atoms with Crippen molar-refractivity contribution in [2.45, 2.75) is 13.5 Å². The molecule has 2 amide bonds. The highest BCUT2D eigenvalue weighted by molar-refractivity contribution is 6.35. The Hall–Kier alpha value is -2.11. The summed E-state index contributed by atoms with van der Waals surface area (Å²) < 4.78 is 0. The highest BCUT2D eigenvalue weighted by Gasteiger charge is 2.30. The normalized spacial score (nSPS) is 15.9. The van der Waals surface area contributed by atoms with Crippen LogP contribution in [0.15, 0.2) is 18.3 Å². The number of hydrogen-bond acceptors (Lipinski definition) is 4. The largest absolute Gasteiger partial charge is 0.370 e. The first-order chi connectivity index (χ1) is 9.11. The average Bonchev–Trinajstić information content (AvgIpc) is 2.40. The zero-order valence-electron chi connectivity index (χ0n) is 11.2. The number of amides is 2. The topological polar surface area (TPSA) is 65.5 Å². The second kappa shape index (κ2) is 5.69. The number of carbonyl (C=O) groups excluding carboxylic acids is 2. The van der Waals surface area contributed by atoms with Crippen LogP contribution in [0.1, 0.15) is 12.5 Å². The summed E-state index contributed by atoms with van der Waals surface area (Å²) in [5.74, 6) is -0.0873. The lowest BCUT2D eigenvalue weighted by molar-refractivity contribution is -0.155. The molecule has 0 spiro atoms. The lowest BCUT2D eigenvalue weighted by Gasteiger charge is -2.31. The number of likely N-dealkylation sites (N-methyl/N-ethyl adjacent to an activating group) is 1. The van der Waals surface area contributed by atoms with Crippen LogP contribution in [0, 0.1) is 0 Å². The molecular weight excluding hydrogens is 244 g/mol. The predicted molar refractivity (Wildman–Crippen MR) is 71.5 cm³/mol. The number of carbonyl (C=O) groups is 2. The van der Waals surface area contributed by atoms with Crippen LogP contribution in [0.4, 0.5) is 5.82 Å². The molecule has 0 unspecified atom stereocenters. The highest BCUT2D eigenvalue weighted by atomic mass is 16.2. The molecule has 1 aromatic rings. The van der Waals surface area contributed by atoms with Crippen LogP contribution in [-0.2, 0) is 16.1 Å². The first-order valence-electron chi connectivity index (χ1n) is 6.35.